The summed E-state index contributed by atoms with van der Waals surface area (Å²) < 4.78 is 0. The molecule has 0 saturated carbocycles. The van der Waals surface area contributed by atoms with Gasteiger partial charge in [0, 0.05) is 12.4 Å². The smallest absolute Gasteiger partial charge is 0.253 e. The van der Waals surface area contributed by atoms with Gasteiger partial charge in [0.1, 0.15) is 6.61 Å². The Morgan fingerprint density at radius 1 is 1.55 bits per heavy atom. The maximum Gasteiger partial charge on any atom is 0.253 e. The number of aliphatic hydroxyl groups is 1. The highest BCUT2D eigenvalue weighted by Crippen LogP contribution is 2.16. The predicted octanol–water partition coefficient (Wildman–Crippen LogP) is 1.98. The lowest BCUT2D eigenvalue weighted by molar-refractivity contribution is 0.0939. The van der Waals surface area contributed by atoms with E-state index in [1.807, 2.05) is 23.8 Å². The SMILES string of the molecule is CC(NC(=O)c1ccncc1C#CCO)c1ccsc1. The van der Waals surface area contributed by atoms with Crippen molar-refractivity contribution in [2.45, 2.75) is 13.0 Å². The van der Waals surface area contributed by atoms with Crippen molar-refractivity contribution in [2.75, 3.05) is 6.61 Å². The molecule has 2 rings (SSSR count). The van der Waals surface area contributed by atoms with Gasteiger partial charge in [0.2, 0.25) is 0 Å². The normalized spacial score (nSPS) is 11.3. The fraction of sp³-hybridized carbons (Fsp3) is 0.200. The van der Waals surface area contributed by atoms with Crippen molar-refractivity contribution in [3.8, 4) is 11.8 Å². The quantitative estimate of drug-likeness (QED) is 0.848. The van der Waals surface area contributed by atoms with Gasteiger partial charge in [-0.3, -0.25) is 9.78 Å². The van der Waals surface area contributed by atoms with Crippen molar-refractivity contribution in [1.29, 1.82) is 0 Å². The van der Waals surface area contributed by atoms with Crippen LogP contribution in [-0.2, 0) is 0 Å². The molecule has 2 heterocycles. The molecule has 1 amide bonds. The number of carbonyl (C=O) groups excluding carboxylic acids is 1. The van der Waals surface area contributed by atoms with Crippen LogP contribution in [0.2, 0.25) is 0 Å². The number of nitrogens with zero attached hydrogens (tertiary/aromatic N) is 1. The minimum atomic E-state index is -0.249. The van der Waals surface area contributed by atoms with Crippen molar-refractivity contribution in [2.24, 2.45) is 0 Å². The van der Waals surface area contributed by atoms with E-state index >= 15 is 0 Å². The van der Waals surface area contributed by atoms with Crippen LogP contribution >= 0.6 is 11.3 Å². The van der Waals surface area contributed by atoms with Gasteiger partial charge >= 0.3 is 0 Å². The third-order valence-electron chi connectivity index (χ3n) is 2.76. The Labute approximate surface area is 121 Å². The molecule has 4 nitrogen and oxygen atoms in total. The van der Waals surface area contributed by atoms with Crippen LogP contribution in [0, 0.1) is 11.8 Å². The van der Waals surface area contributed by atoms with Crippen molar-refractivity contribution in [3.63, 3.8) is 0 Å². The van der Waals surface area contributed by atoms with Crippen LogP contribution in [-0.4, -0.2) is 22.6 Å². The van der Waals surface area contributed by atoms with E-state index in [-0.39, 0.29) is 18.6 Å². The van der Waals surface area contributed by atoms with Crippen LogP contribution in [0.15, 0.2) is 35.3 Å². The highest BCUT2D eigenvalue weighted by Gasteiger charge is 2.14. The molecule has 0 aliphatic rings. The molecule has 1 atom stereocenters. The number of pyridine rings is 1. The van der Waals surface area contributed by atoms with Crippen LogP contribution in [0.3, 0.4) is 0 Å². The number of hydrogen-bond donors (Lipinski definition) is 2. The van der Waals surface area contributed by atoms with Gasteiger partial charge in [-0.1, -0.05) is 11.8 Å². The lowest BCUT2D eigenvalue weighted by atomic mass is 10.1. The number of aliphatic hydroxyl groups excluding tert-OH is 1. The summed E-state index contributed by atoms with van der Waals surface area (Å²) in [5.41, 5.74) is 2.04. The molecular formula is C15H14N2O2S. The first-order valence-electron chi connectivity index (χ1n) is 6.09. The van der Waals surface area contributed by atoms with E-state index in [9.17, 15) is 4.79 Å². The minimum absolute atomic E-state index is 0.0689. The maximum absolute atomic E-state index is 12.3. The first kappa shape index (κ1) is 14.3. The fourth-order valence-corrected chi connectivity index (χ4v) is 2.46. The number of hydrogen-bond acceptors (Lipinski definition) is 4. The molecular weight excluding hydrogens is 272 g/mol. The Morgan fingerprint density at radius 2 is 2.40 bits per heavy atom. The van der Waals surface area contributed by atoms with E-state index in [1.165, 1.54) is 6.20 Å². The molecule has 1 unspecified atom stereocenters. The number of amides is 1. The van der Waals surface area contributed by atoms with Gasteiger partial charge in [-0.05, 0) is 35.4 Å². The number of aromatic nitrogens is 1. The van der Waals surface area contributed by atoms with E-state index in [0.717, 1.165) is 5.56 Å². The lowest BCUT2D eigenvalue weighted by Gasteiger charge is -2.13. The fourth-order valence-electron chi connectivity index (χ4n) is 1.71. The van der Waals surface area contributed by atoms with Crippen molar-refractivity contribution in [3.05, 3.63) is 52.0 Å². The highest BCUT2D eigenvalue weighted by atomic mass is 32.1. The Bertz CT molecular complexity index is 641. The van der Waals surface area contributed by atoms with Crippen LogP contribution < -0.4 is 5.32 Å². The van der Waals surface area contributed by atoms with Crippen LogP contribution in [0.1, 0.15) is 34.5 Å². The number of thiophene rings is 1. The van der Waals surface area contributed by atoms with Gasteiger partial charge in [-0.2, -0.15) is 11.3 Å². The van der Waals surface area contributed by atoms with Gasteiger partial charge in [-0.15, -0.1) is 0 Å². The molecule has 0 spiro atoms. The zero-order valence-electron chi connectivity index (χ0n) is 11.0. The maximum atomic E-state index is 12.3. The average Bonchev–Trinajstić information content (AvgIpc) is 2.99. The van der Waals surface area contributed by atoms with Gasteiger partial charge < -0.3 is 10.4 Å². The second-order valence-corrected chi connectivity index (χ2v) is 4.91. The second kappa shape index (κ2) is 6.85. The highest BCUT2D eigenvalue weighted by molar-refractivity contribution is 7.07. The molecule has 20 heavy (non-hydrogen) atoms. The second-order valence-electron chi connectivity index (χ2n) is 4.13. The summed E-state index contributed by atoms with van der Waals surface area (Å²) in [6, 6.07) is 3.53. The van der Waals surface area contributed by atoms with Gasteiger partial charge in [0.25, 0.3) is 5.91 Å². The van der Waals surface area contributed by atoms with Gasteiger partial charge in [0.15, 0.2) is 0 Å². The summed E-state index contributed by atoms with van der Waals surface area (Å²) in [7, 11) is 0. The summed E-state index contributed by atoms with van der Waals surface area (Å²) in [4.78, 5) is 16.2. The summed E-state index contributed by atoms with van der Waals surface area (Å²) in [6.07, 6.45) is 3.07. The van der Waals surface area contributed by atoms with Crippen LogP contribution in [0.4, 0.5) is 0 Å². The molecule has 0 aliphatic carbocycles. The van der Waals surface area contributed by atoms with E-state index in [0.29, 0.717) is 11.1 Å². The topological polar surface area (TPSA) is 62.2 Å². The largest absolute Gasteiger partial charge is 0.384 e. The average molecular weight is 286 g/mol. The van der Waals surface area contributed by atoms with Crippen molar-refractivity contribution < 1.29 is 9.90 Å². The number of carbonyl (C=O) groups is 1. The third kappa shape index (κ3) is 3.44. The molecule has 0 aromatic carbocycles. The molecule has 5 heteroatoms. The number of rotatable bonds is 3. The van der Waals surface area contributed by atoms with Crippen LogP contribution in [0.5, 0.6) is 0 Å². The first-order chi connectivity index (χ1) is 9.72. The summed E-state index contributed by atoms with van der Waals surface area (Å²) in [5.74, 6) is 5.06. The molecule has 102 valence electrons. The Kier molecular flexibility index (Phi) is 4.88. The Morgan fingerprint density at radius 3 is 3.10 bits per heavy atom. The summed E-state index contributed by atoms with van der Waals surface area (Å²) in [6.45, 7) is 1.68. The molecule has 0 bridgehead atoms. The van der Waals surface area contributed by atoms with E-state index in [1.54, 1.807) is 23.6 Å². The van der Waals surface area contributed by atoms with Gasteiger partial charge in [0.05, 0.1) is 17.2 Å². The predicted molar refractivity (Wildman–Crippen MR) is 78.4 cm³/mol. The Balaban J connectivity index is 2.17. The monoisotopic (exact) mass is 286 g/mol. The molecule has 0 aliphatic heterocycles. The zero-order chi connectivity index (χ0) is 14.4. The third-order valence-corrected chi connectivity index (χ3v) is 3.46. The molecule has 2 aromatic heterocycles. The van der Waals surface area contributed by atoms with Crippen LogP contribution in [0.25, 0.3) is 0 Å². The standard InChI is InChI=1S/C15H14N2O2S/c1-11(13-5-8-20-10-13)17-15(19)14-4-6-16-9-12(14)3-2-7-18/h4-6,8-11,18H,7H2,1H3,(H,17,19). The van der Waals surface area contributed by atoms with Crippen molar-refractivity contribution in [1.82, 2.24) is 10.3 Å². The van der Waals surface area contributed by atoms with E-state index in [4.69, 9.17) is 5.11 Å². The minimum Gasteiger partial charge on any atom is -0.384 e. The number of nitrogens with one attached hydrogen (secondary N) is 1. The Hall–Kier alpha value is -2.16. The van der Waals surface area contributed by atoms with E-state index < -0.39 is 0 Å². The molecule has 0 saturated heterocycles. The van der Waals surface area contributed by atoms with Gasteiger partial charge in [-0.25, -0.2) is 0 Å². The zero-order valence-corrected chi connectivity index (χ0v) is 11.8. The van der Waals surface area contributed by atoms with Crippen molar-refractivity contribution >= 4 is 17.2 Å². The summed E-state index contributed by atoms with van der Waals surface area (Å²) >= 11 is 1.59. The first-order valence-corrected chi connectivity index (χ1v) is 7.03. The molecule has 2 aromatic rings. The molecule has 0 fully saturated rings. The summed E-state index contributed by atoms with van der Waals surface area (Å²) in [5, 5.41) is 15.6. The lowest BCUT2D eigenvalue weighted by Crippen LogP contribution is -2.27. The molecule has 0 radical (unpaired) electrons. The van der Waals surface area contributed by atoms with E-state index in [2.05, 4.69) is 22.1 Å². The molecule has 2 N–H and O–H groups in total.